The molecule has 6 nitrogen and oxygen atoms in total. The SMILES string of the molecule is C/C(=C\c1ccc(O)cc1Cl)CC[C@H]1OC[C@H]2C1=C(C(C)C)C[C@H]1C(=O)N(C3CCN(Cc4ccccc4)CC3)C(=O)[C@H]12. The predicted molar refractivity (Wildman–Crippen MR) is 169 cm³/mol. The first-order valence-electron chi connectivity index (χ1n) is 15.8. The van der Waals surface area contributed by atoms with E-state index in [1.807, 2.05) is 12.1 Å². The molecule has 228 valence electrons. The van der Waals surface area contributed by atoms with Gasteiger partial charge in [0.25, 0.3) is 0 Å². The number of benzene rings is 2. The van der Waals surface area contributed by atoms with Crippen LogP contribution in [0.3, 0.4) is 0 Å². The van der Waals surface area contributed by atoms with Gasteiger partial charge in [0.15, 0.2) is 0 Å². The number of rotatable bonds is 8. The first-order valence-corrected chi connectivity index (χ1v) is 16.2. The molecule has 0 saturated carbocycles. The van der Waals surface area contributed by atoms with E-state index >= 15 is 0 Å². The lowest BCUT2D eigenvalue weighted by Gasteiger charge is -2.36. The van der Waals surface area contributed by atoms with Crippen molar-refractivity contribution in [2.45, 2.75) is 71.6 Å². The van der Waals surface area contributed by atoms with Gasteiger partial charge in [-0.2, -0.15) is 0 Å². The fourth-order valence-electron chi connectivity index (χ4n) is 7.85. The minimum absolute atomic E-state index is 0.0128. The number of piperidine rings is 1. The van der Waals surface area contributed by atoms with Crippen LogP contribution in [-0.4, -0.2) is 58.6 Å². The van der Waals surface area contributed by atoms with Crippen molar-refractivity contribution in [2.24, 2.45) is 23.7 Å². The van der Waals surface area contributed by atoms with Gasteiger partial charge in [0.1, 0.15) is 5.75 Å². The van der Waals surface area contributed by atoms with Crippen molar-refractivity contribution in [1.82, 2.24) is 9.80 Å². The molecule has 3 saturated heterocycles. The molecule has 4 aliphatic rings. The highest BCUT2D eigenvalue weighted by Crippen LogP contribution is 2.52. The number of aromatic hydroxyl groups is 1. The van der Waals surface area contributed by atoms with Gasteiger partial charge in [-0.25, -0.2) is 0 Å². The van der Waals surface area contributed by atoms with Crippen LogP contribution in [0, 0.1) is 23.7 Å². The van der Waals surface area contributed by atoms with Crippen molar-refractivity contribution in [2.75, 3.05) is 19.7 Å². The van der Waals surface area contributed by atoms with Crippen LogP contribution in [0.4, 0.5) is 0 Å². The Bertz CT molecular complexity index is 1430. The molecule has 43 heavy (non-hydrogen) atoms. The summed E-state index contributed by atoms with van der Waals surface area (Å²) in [6.45, 7) is 9.69. The Hall–Kier alpha value is -2.93. The van der Waals surface area contributed by atoms with Crippen LogP contribution in [0.5, 0.6) is 5.75 Å². The Morgan fingerprint density at radius 3 is 2.51 bits per heavy atom. The molecule has 1 N–H and O–H groups in total. The smallest absolute Gasteiger partial charge is 0.234 e. The molecule has 0 bridgehead atoms. The maximum Gasteiger partial charge on any atom is 0.234 e. The van der Waals surface area contributed by atoms with E-state index in [9.17, 15) is 14.7 Å². The molecule has 0 unspecified atom stereocenters. The topological polar surface area (TPSA) is 70.1 Å². The molecule has 3 fully saturated rings. The van der Waals surface area contributed by atoms with Crippen molar-refractivity contribution in [1.29, 1.82) is 0 Å². The first kappa shape index (κ1) is 30.1. The Morgan fingerprint density at radius 2 is 1.81 bits per heavy atom. The third-order valence-corrected chi connectivity index (χ3v) is 10.4. The third kappa shape index (κ3) is 6.07. The summed E-state index contributed by atoms with van der Waals surface area (Å²) in [6, 6.07) is 15.5. The molecular weight excluding hydrogens is 560 g/mol. The van der Waals surface area contributed by atoms with Crippen LogP contribution in [0.25, 0.3) is 6.08 Å². The number of halogens is 1. The van der Waals surface area contributed by atoms with Gasteiger partial charge in [-0.15, -0.1) is 0 Å². The van der Waals surface area contributed by atoms with E-state index in [1.54, 1.807) is 17.0 Å². The number of phenols is 1. The number of hydrogen-bond acceptors (Lipinski definition) is 5. The quantitative estimate of drug-likeness (QED) is 0.264. The lowest BCUT2D eigenvalue weighted by atomic mass is 9.67. The average Bonchev–Trinajstić information content (AvgIpc) is 3.52. The summed E-state index contributed by atoms with van der Waals surface area (Å²) in [5, 5.41) is 10.2. The predicted octanol–water partition coefficient (Wildman–Crippen LogP) is 6.87. The van der Waals surface area contributed by atoms with E-state index in [4.69, 9.17) is 16.3 Å². The molecule has 2 amide bonds. The number of allylic oxidation sites excluding steroid dienone is 2. The summed E-state index contributed by atoms with van der Waals surface area (Å²) in [5.41, 5.74) is 5.96. The molecule has 3 aliphatic heterocycles. The molecule has 0 aromatic heterocycles. The highest BCUT2D eigenvalue weighted by Gasteiger charge is 2.58. The molecule has 2 aromatic rings. The fraction of sp³-hybridized carbons (Fsp3) is 0.500. The van der Waals surface area contributed by atoms with E-state index in [1.165, 1.54) is 22.3 Å². The minimum atomic E-state index is -0.301. The summed E-state index contributed by atoms with van der Waals surface area (Å²) in [4.78, 5) is 32.0. The molecule has 7 heteroatoms. The van der Waals surface area contributed by atoms with Gasteiger partial charge >= 0.3 is 0 Å². The van der Waals surface area contributed by atoms with Gasteiger partial charge < -0.3 is 9.84 Å². The summed E-state index contributed by atoms with van der Waals surface area (Å²) in [6.07, 6.45) is 6.01. The van der Waals surface area contributed by atoms with E-state index in [0.717, 1.165) is 50.9 Å². The molecule has 4 atom stereocenters. The maximum absolute atomic E-state index is 14.0. The van der Waals surface area contributed by atoms with E-state index in [-0.39, 0.29) is 47.5 Å². The van der Waals surface area contributed by atoms with Crippen LogP contribution in [0.2, 0.25) is 5.02 Å². The highest BCUT2D eigenvalue weighted by atomic mass is 35.5. The number of nitrogens with zero attached hydrogens (tertiary/aromatic N) is 2. The lowest BCUT2D eigenvalue weighted by Crippen LogP contribution is -2.47. The number of fused-ring (bicyclic) bond motifs is 3. The number of hydrogen-bond donors (Lipinski definition) is 1. The zero-order chi connectivity index (χ0) is 30.2. The molecule has 3 heterocycles. The summed E-state index contributed by atoms with van der Waals surface area (Å²) >= 11 is 6.33. The largest absolute Gasteiger partial charge is 0.508 e. The van der Waals surface area contributed by atoms with Gasteiger partial charge in [0.2, 0.25) is 11.8 Å². The highest BCUT2D eigenvalue weighted by molar-refractivity contribution is 6.32. The Morgan fingerprint density at radius 1 is 1.07 bits per heavy atom. The fourth-order valence-corrected chi connectivity index (χ4v) is 8.08. The van der Waals surface area contributed by atoms with Crippen molar-refractivity contribution in [3.05, 3.63) is 81.4 Å². The normalized spacial score (nSPS) is 26.9. The number of ether oxygens (including phenoxy) is 1. The Kier molecular flexibility index (Phi) is 8.81. The number of amides is 2. The zero-order valence-electron chi connectivity index (χ0n) is 25.5. The lowest BCUT2D eigenvalue weighted by molar-refractivity contribution is -0.144. The van der Waals surface area contributed by atoms with E-state index in [0.29, 0.717) is 24.0 Å². The van der Waals surface area contributed by atoms with Gasteiger partial charge in [0, 0.05) is 31.6 Å². The molecule has 0 spiro atoms. The number of carbonyl (C=O) groups excluding carboxylic acids is 2. The Balaban J connectivity index is 1.14. The Labute approximate surface area is 260 Å². The summed E-state index contributed by atoms with van der Waals surface area (Å²) in [7, 11) is 0. The second kappa shape index (κ2) is 12.6. The second-order valence-corrected chi connectivity index (χ2v) is 13.6. The number of phenolic OH excluding ortho intramolecular Hbond substituents is 1. The number of imide groups is 1. The van der Waals surface area contributed by atoms with Gasteiger partial charge in [-0.05, 0) is 79.8 Å². The van der Waals surface area contributed by atoms with Crippen LogP contribution in [0.15, 0.2) is 65.3 Å². The van der Waals surface area contributed by atoms with E-state index in [2.05, 4.69) is 56.0 Å². The van der Waals surface area contributed by atoms with Gasteiger partial charge in [-0.3, -0.25) is 19.4 Å². The van der Waals surface area contributed by atoms with E-state index < -0.39 is 0 Å². The summed E-state index contributed by atoms with van der Waals surface area (Å²) < 4.78 is 6.43. The van der Waals surface area contributed by atoms with Crippen LogP contribution >= 0.6 is 11.6 Å². The molecule has 2 aromatic carbocycles. The molecular formula is C36H43ClN2O4. The zero-order valence-corrected chi connectivity index (χ0v) is 26.2. The molecule has 0 radical (unpaired) electrons. The molecule has 6 rings (SSSR count). The number of carbonyl (C=O) groups is 2. The third-order valence-electron chi connectivity index (χ3n) is 10.0. The maximum atomic E-state index is 14.0. The first-order chi connectivity index (χ1) is 20.7. The van der Waals surface area contributed by atoms with Crippen molar-refractivity contribution >= 4 is 29.5 Å². The monoisotopic (exact) mass is 602 g/mol. The van der Waals surface area contributed by atoms with Gasteiger partial charge in [-0.1, -0.05) is 73.0 Å². The van der Waals surface area contributed by atoms with Gasteiger partial charge in [0.05, 0.1) is 29.6 Å². The second-order valence-electron chi connectivity index (χ2n) is 13.2. The summed E-state index contributed by atoms with van der Waals surface area (Å²) in [5.74, 6) is -0.0527. The standard InChI is InChI=1S/C36H43ClN2O4/c1-22(2)28-19-29-34(30-21-43-32(33(28)30)12-9-23(3)17-25-10-11-27(40)18-31(25)37)36(42)39(35(29)41)26-13-15-38(16-14-26)20-24-7-5-4-6-8-24/h4-8,10-11,17-18,22,26,29-30,32,34,40H,9,12-16,19-21H2,1-3H3/b23-17+/t29-,30+,32-,34-/m1/s1. The number of likely N-dealkylation sites (tertiary alicyclic amines) is 2. The van der Waals surface area contributed by atoms with Crippen LogP contribution in [-0.2, 0) is 20.9 Å². The molecule has 1 aliphatic carbocycles. The van der Waals surface area contributed by atoms with Crippen molar-refractivity contribution < 1.29 is 19.4 Å². The minimum Gasteiger partial charge on any atom is -0.508 e. The van der Waals surface area contributed by atoms with Crippen molar-refractivity contribution in [3.8, 4) is 5.75 Å². The van der Waals surface area contributed by atoms with Crippen LogP contribution < -0.4 is 0 Å². The van der Waals surface area contributed by atoms with Crippen molar-refractivity contribution in [3.63, 3.8) is 0 Å². The van der Waals surface area contributed by atoms with Crippen LogP contribution in [0.1, 0.15) is 64.0 Å². The average molecular weight is 603 g/mol.